The predicted molar refractivity (Wildman–Crippen MR) is 49.5 cm³/mol. The van der Waals surface area contributed by atoms with Crippen LogP contribution < -0.4 is 24.2 Å². The van der Waals surface area contributed by atoms with Crippen molar-refractivity contribution in [3.63, 3.8) is 0 Å². The fraction of sp³-hybridized carbons (Fsp3) is 0.571. The van der Waals surface area contributed by atoms with Crippen LogP contribution in [0, 0.1) is 0 Å². The minimum absolute atomic E-state index is 0. The maximum absolute atomic E-state index is 11.2. The van der Waals surface area contributed by atoms with Gasteiger partial charge in [-0.1, -0.05) is 6.58 Å². The molecule has 0 aromatic heterocycles. The monoisotopic (exact) mass is 215 g/mol. The zero-order valence-corrected chi connectivity index (χ0v) is 9.64. The molecule has 0 spiro atoms. The Morgan fingerprint density at radius 1 is 1.57 bits per heavy atom. The molecule has 0 aromatic carbocycles. The zero-order valence-electron chi connectivity index (χ0n) is 9.83. The quantitative estimate of drug-likeness (QED) is 0.310. The summed E-state index contributed by atoms with van der Waals surface area (Å²) in [6, 6.07) is 0. The van der Waals surface area contributed by atoms with Gasteiger partial charge in [0.1, 0.15) is 0 Å². The van der Waals surface area contributed by atoms with E-state index in [1.54, 1.807) is 0 Å². The number of rotatable bonds is 4. The molecule has 0 rings (SSSR count). The van der Waals surface area contributed by atoms with Crippen LogP contribution in [0.15, 0.2) is 12.7 Å². The van der Waals surface area contributed by atoms with E-state index in [1.165, 1.54) is 13.8 Å². The molecule has 0 bridgehead atoms. The Kier molecular flexibility index (Phi) is 6.42. The SMILES string of the molecule is C=CC(=O)NC(C)(C)S(=O)(=O)OC.[H-].[Li+]. The van der Waals surface area contributed by atoms with Crippen molar-refractivity contribution in [2.75, 3.05) is 7.11 Å². The van der Waals surface area contributed by atoms with E-state index in [4.69, 9.17) is 0 Å². The van der Waals surface area contributed by atoms with Crippen molar-refractivity contribution in [3.8, 4) is 0 Å². The van der Waals surface area contributed by atoms with Crippen LogP contribution >= 0.6 is 0 Å². The molecule has 0 unspecified atom stereocenters. The third-order valence-corrected chi connectivity index (χ3v) is 3.24. The fourth-order valence-corrected chi connectivity index (χ4v) is 1.26. The van der Waals surface area contributed by atoms with Crippen molar-refractivity contribution in [2.24, 2.45) is 0 Å². The summed E-state index contributed by atoms with van der Waals surface area (Å²) in [5.41, 5.74) is 0. The van der Waals surface area contributed by atoms with Crippen molar-refractivity contribution >= 4 is 16.0 Å². The van der Waals surface area contributed by atoms with E-state index >= 15 is 0 Å². The second kappa shape index (κ2) is 5.56. The first-order chi connectivity index (χ1) is 5.77. The Labute approximate surface area is 97.7 Å². The predicted octanol–water partition coefficient (Wildman–Crippen LogP) is -2.88. The second-order valence-electron chi connectivity index (χ2n) is 2.82. The van der Waals surface area contributed by atoms with Crippen LogP contribution in [-0.2, 0) is 19.1 Å². The summed E-state index contributed by atoms with van der Waals surface area (Å²) in [4.78, 5) is 9.39. The molecule has 0 aliphatic rings. The van der Waals surface area contributed by atoms with Gasteiger partial charge >= 0.3 is 18.9 Å². The fourth-order valence-electron chi connectivity index (χ4n) is 0.619. The molecule has 0 aliphatic heterocycles. The number of carbonyl (C=O) groups excluding carboxylic acids is 1. The molecule has 5 nitrogen and oxygen atoms in total. The zero-order chi connectivity index (χ0) is 10.7. The first-order valence-electron chi connectivity index (χ1n) is 3.51. The van der Waals surface area contributed by atoms with Crippen LogP contribution in [0.2, 0.25) is 0 Å². The summed E-state index contributed by atoms with van der Waals surface area (Å²) >= 11 is 0. The summed E-state index contributed by atoms with van der Waals surface area (Å²) in [5.74, 6) is -0.564. The molecule has 0 saturated carbocycles. The average molecular weight is 215 g/mol. The molecule has 0 aliphatic carbocycles. The molecule has 78 valence electrons. The summed E-state index contributed by atoms with van der Waals surface area (Å²) in [5, 5.41) is 2.23. The second-order valence-corrected chi connectivity index (χ2v) is 5.09. The van der Waals surface area contributed by atoms with Gasteiger partial charge in [-0.15, -0.1) is 0 Å². The first-order valence-corrected chi connectivity index (χ1v) is 4.92. The van der Waals surface area contributed by atoms with Gasteiger partial charge in [-0.05, 0) is 19.9 Å². The number of amides is 1. The first kappa shape index (κ1) is 16.2. The number of nitrogens with one attached hydrogen (secondary N) is 1. The molecule has 14 heavy (non-hydrogen) atoms. The molecule has 0 heterocycles. The van der Waals surface area contributed by atoms with E-state index in [0.717, 1.165) is 13.2 Å². The molecule has 0 aromatic rings. The summed E-state index contributed by atoms with van der Waals surface area (Å²) in [7, 11) is -2.74. The van der Waals surface area contributed by atoms with E-state index in [0.29, 0.717) is 0 Å². The van der Waals surface area contributed by atoms with E-state index in [2.05, 4.69) is 16.1 Å². The van der Waals surface area contributed by atoms with Gasteiger partial charge in [0, 0.05) is 0 Å². The van der Waals surface area contributed by atoms with E-state index in [-0.39, 0.29) is 20.3 Å². The largest absolute Gasteiger partial charge is 1.00 e. The molecular weight excluding hydrogens is 201 g/mol. The van der Waals surface area contributed by atoms with Crippen LogP contribution in [0.1, 0.15) is 15.3 Å². The van der Waals surface area contributed by atoms with Crippen molar-refractivity contribution in [1.29, 1.82) is 0 Å². The van der Waals surface area contributed by atoms with Gasteiger partial charge in [-0.2, -0.15) is 8.42 Å². The molecule has 1 amide bonds. The Balaban J connectivity index is -0.000000720. The normalized spacial score (nSPS) is 11.4. The summed E-state index contributed by atoms with van der Waals surface area (Å²) in [6.07, 6.45) is 0.993. The van der Waals surface area contributed by atoms with Crippen LogP contribution in [0.5, 0.6) is 0 Å². The number of carbonyl (C=O) groups is 1. The average Bonchev–Trinajstić information content (AvgIpc) is 2.03. The van der Waals surface area contributed by atoms with E-state index in [9.17, 15) is 13.2 Å². The number of hydrogen-bond donors (Lipinski definition) is 1. The van der Waals surface area contributed by atoms with Crippen LogP contribution in [0.4, 0.5) is 0 Å². The summed E-state index contributed by atoms with van der Waals surface area (Å²) < 4.78 is 26.7. The van der Waals surface area contributed by atoms with Gasteiger partial charge in [0.2, 0.25) is 5.91 Å². The third kappa shape index (κ3) is 3.84. The maximum atomic E-state index is 11.2. The Hall–Kier alpha value is -0.283. The molecule has 0 fully saturated rings. The molecule has 1 N–H and O–H groups in total. The number of hydrogen-bond acceptors (Lipinski definition) is 4. The van der Waals surface area contributed by atoms with Crippen molar-refractivity contribution in [2.45, 2.75) is 18.7 Å². The van der Waals surface area contributed by atoms with E-state index in [1.807, 2.05) is 0 Å². The van der Waals surface area contributed by atoms with Crippen LogP contribution in [0.3, 0.4) is 0 Å². The van der Waals surface area contributed by atoms with Gasteiger partial charge < -0.3 is 6.74 Å². The maximum Gasteiger partial charge on any atom is 1.00 e. The van der Waals surface area contributed by atoms with Gasteiger partial charge in [0.05, 0.1) is 7.11 Å². The minimum atomic E-state index is -3.78. The topological polar surface area (TPSA) is 72.5 Å². The molecule has 7 heteroatoms. The third-order valence-electron chi connectivity index (χ3n) is 1.45. The van der Waals surface area contributed by atoms with Crippen LogP contribution in [0.25, 0.3) is 0 Å². The van der Waals surface area contributed by atoms with Crippen molar-refractivity contribution in [1.82, 2.24) is 5.32 Å². The van der Waals surface area contributed by atoms with Crippen molar-refractivity contribution in [3.05, 3.63) is 12.7 Å². The van der Waals surface area contributed by atoms with Crippen molar-refractivity contribution < 1.29 is 37.7 Å². The van der Waals surface area contributed by atoms with Crippen LogP contribution in [-0.4, -0.2) is 26.3 Å². The molecule has 0 atom stereocenters. The van der Waals surface area contributed by atoms with Gasteiger partial charge in [0.15, 0.2) is 4.87 Å². The smallest absolute Gasteiger partial charge is 1.00 e. The van der Waals surface area contributed by atoms with Gasteiger partial charge in [0.25, 0.3) is 10.1 Å². The van der Waals surface area contributed by atoms with E-state index < -0.39 is 20.9 Å². The molecular formula is C7H14LiNO4S. The Morgan fingerprint density at radius 2 is 2.00 bits per heavy atom. The molecule has 0 radical (unpaired) electrons. The minimum Gasteiger partial charge on any atom is -1.00 e. The Bertz CT molecular complexity index is 315. The standard InChI is InChI=1S/C7H13NO4S.Li.H/c1-5-6(9)8-7(2,3)13(10,11)12-4;;/h5H,1H2,2-4H3,(H,8,9);;/q;+1;-1. The molecule has 0 saturated heterocycles. The van der Waals surface area contributed by atoms with Gasteiger partial charge in [-0.25, -0.2) is 0 Å². The summed E-state index contributed by atoms with van der Waals surface area (Å²) in [6.45, 7) is 5.86. The Morgan fingerprint density at radius 3 is 2.29 bits per heavy atom. The van der Waals surface area contributed by atoms with Gasteiger partial charge in [-0.3, -0.25) is 8.98 Å².